The predicted molar refractivity (Wildman–Crippen MR) is 88.3 cm³/mol. The van der Waals surface area contributed by atoms with Gasteiger partial charge in [-0.1, -0.05) is 6.07 Å². The number of hydrogen-bond donors (Lipinski definition) is 3. The summed E-state index contributed by atoms with van der Waals surface area (Å²) in [7, 11) is 1.14. The van der Waals surface area contributed by atoms with Crippen LogP contribution in [0.1, 0.15) is 33.8 Å². The number of esters is 1. The van der Waals surface area contributed by atoms with Gasteiger partial charge in [-0.2, -0.15) is 0 Å². The van der Waals surface area contributed by atoms with Crippen molar-refractivity contribution in [3.63, 3.8) is 0 Å². The molecule has 4 N–H and O–H groups in total. The van der Waals surface area contributed by atoms with Gasteiger partial charge in [0.25, 0.3) is 5.56 Å². The number of ether oxygens (including phenoxy) is 3. The number of benzene rings is 1. The summed E-state index contributed by atoms with van der Waals surface area (Å²) in [5.41, 5.74) is 4.78. The van der Waals surface area contributed by atoms with Gasteiger partial charge in [0.1, 0.15) is 11.3 Å². The second kappa shape index (κ2) is 6.79. The van der Waals surface area contributed by atoms with E-state index in [4.69, 9.17) is 15.2 Å². The molecule has 0 aliphatic carbocycles. The number of hydrogen-bond acceptors (Lipinski definition) is 7. The largest absolute Gasteiger partial charge is 0.506 e. The third-order valence-corrected chi connectivity index (χ3v) is 4.06. The van der Waals surface area contributed by atoms with Crippen LogP contribution in [0, 0.1) is 0 Å². The third kappa shape index (κ3) is 3.06. The van der Waals surface area contributed by atoms with Crippen LogP contribution >= 0.6 is 0 Å². The molecule has 26 heavy (non-hydrogen) atoms. The van der Waals surface area contributed by atoms with Crippen molar-refractivity contribution in [2.75, 3.05) is 13.9 Å². The SMILES string of the molecule is COC(=O)c1c[nH]c(=O)c(C(CC(N)=O)c2ccc3c(c2)OCO3)c1O. The van der Waals surface area contributed by atoms with E-state index < -0.39 is 29.1 Å². The molecule has 2 heterocycles. The summed E-state index contributed by atoms with van der Waals surface area (Å²) >= 11 is 0. The number of aromatic hydroxyl groups is 1. The number of fused-ring (bicyclic) bond motifs is 1. The summed E-state index contributed by atoms with van der Waals surface area (Å²) in [5.74, 6) is -2.01. The van der Waals surface area contributed by atoms with Gasteiger partial charge in [-0.3, -0.25) is 9.59 Å². The van der Waals surface area contributed by atoms with Crippen molar-refractivity contribution >= 4 is 11.9 Å². The van der Waals surface area contributed by atoms with Gasteiger partial charge in [0.2, 0.25) is 12.7 Å². The topological polar surface area (TPSA) is 141 Å². The van der Waals surface area contributed by atoms with Crippen molar-refractivity contribution in [2.45, 2.75) is 12.3 Å². The fourth-order valence-corrected chi connectivity index (χ4v) is 2.84. The highest BCUT2D eigenvalue weighted by atomic mass is 16.7. The minimum Gasteiger partial charge on any atom is -0.506 e. The Morgan fingerprint density at radius 2 is 2.08 bits per heavy atom. The van der Waals surface area contributed by atoms with Crippen molar-refractivity contribution in [3.8, 4) is 17.2 Å². The van der Waals surface area contributed by atoms with Crippen LogP contribution in [0.25, 0.3) is 0 Å². The van der Waals surface area contributed by atoms with Crippen molar-refractivity contribution < 1.29 is 28.9 Å². The molecule has 1 aromatic carbocycles. The Bertz CT molecular complexity index is 935. The van der Waals surface area contributed by atoms with Gasteiger partial charge in [-0.25, -0.2) is 4.79 Å². The molecule has 0 saturated heterocycles. The number of primary amides is 1. The van der Waals surface area contributed by atoms with Crippen molar-refractivity contribution in [2.24, 2.45) is 5.73 Å². The van der Waals surface area contributed by atoms with Crippen LogP contribution in [0.5, 0.6) is 17.2 Å². The van der Waals surface area contributed by atoms with Crippen LogP contribution in [0.4, 0.5) is 0 Å². The molecule has 1 aliphatic heterocycles. The van der Waals surface area contributed by atoms with E-state index in [9.17, 15) is 19.5 Å². The molecule has 1 aliphatic rings. The van der Waals surface area contributed by atoms with Gasteiger partial charge in [0, 0.05) is 18.5 Å². The lowest BCUT2D eigenvalue weighted by Gasteiger charge is -2.18. The Morgan fingerprint density at radius 3 is 2.77 bits per heavy atom. The summed E-state index contributed by atoms with van der Waals surface area (Å²) in [6.07, 6.45) is 0.787. The lowest BCUT2D eigenvalue weighted by Crippen LogP contribution is -2.23. The second-order valence-electron chi connectivity index (χ2n) is 5.62. The van der Waals surface area contributed by atoms with Crippen LogP contribution in [0.15, 0.2) is 29.2 Å². The van der Waals surface area contributed by atoms with Crippen LogP contribution in [0.3, 0.4) is 0 Å². The number of amides is 1. The molecule has 0 fully saturated rings. The number of aromatic nitrogens is 1. The first-order chi connectivity index (χ1) is 12.4. The summed E-state index contributed by atoms with van der Waals surface area (Å²) in [5, 5.41) is 10.5. The molecule has 1 amide bonds. The van der Waals surface area contributed by atoms with Crippen LogP contribution in [-0.2, 0) is 9.53 Å². The Hall–Kier alpha value is -3.49. The number of nitrogens with one attached hydrogen (secondary N) is 1. The Balaban J connectivity index is 2.16. The number of aromatic amines is 1. The second-order valence-corrected chi connectivity index (χ2v) is 5.62. The average molecular weight is 360 g/mol. The summed E-state index contributed by atoms with van der Waals surface area (Å²) in [6, 6.07) is 4.85. The molecule has 0 spiro atoms. The van der Waals surface area contributed by atoms with E-state index in [-0.39, 0.29) is 24.3 Å². The van der Waals surface area contributed by atoms with Crippen LogP contribution < -0.4 is 20.8 Å². The monoisotopic (exact) mass is 360 g/mol. The van der Waals surface area contributed by atoms with Gasteiger partial charge in [-0.15, -0.1) is 0 Å². The third-order valence-electron chi connectivity index (χ3n) is 4.06. The average Bonchev–Trinajstić information content (AvgIpc) is 3.07. The summed E-state index contributed by atoms with van der Waals surface area (Å²) < 4.78 is 15.1. The molecular weight excluding hydrogens is 344 g/mol. The van der Waals surface area contributed by atoms with Gasteiger partial charge in [0.15, 0.2) is 11.5 Å². The van der Waals surface area contributed by atoms with E-state index in [1.54, 1.807) is 18.2 Å². The normalized spacial score (nSPS) is 13.3. The first kappa shape index (κ1) is 17.3. The van der Waals surface area contributed by atoms with Crippen molar-refractivity contribution in [1.29, 1.82) is 0 Å². The zero-order chi connectivity index (χ0) is 18.8. The number of methoxy groups -OCH3 is 1. The number of carbonyl (C=O) groups is 2. The van der Waals surface area contributed by atoms with Gasteiger partial charge < -0.3 is 30.0 Å². The standard InChI is InChI=1S/C17H16N2O7/c1-24-17(23)10-6-19-16(22)14(15(10)21)9(5-13(18)20)8-2-3-11-12(4-8)26-7-25-11/h2-4,6,9H,5,7H2,1H3,(H2,18,20)(H2,19,21,22). The molecular formula is C17H16N2O7. The predicted octanol–water partition coefficient (Wildman–Crippen LogP) is 0.603. The molecule has 136 valence electrons. The summed E-state index contributed by atoms with van der Waals surface area (Å²) in [6.45, 7) is 0.0585. The molecule has 0 saturated carbocycles. The van der Waals surface area contributed by atoms with Crippen molar-refractivity contribution in [1.82, 2.24) is 4.98 Å². The first-order valence-corrected chi connectivity index (χ1v) is 7.63. The first-order valence-electron chi connectivity index (χ1n) is 7.63. The van der Waals surface area contributed by atoms with E-state index in [0.29, 0.717) is 17.1 Å². The molecule has 2 aromatic rings. The fraction of sp³-hybridized carbons (Fsp3) is 0.235. The minimum absolute atomic E-state index is 0.0585. The maximum atomic E-state index is 12.4. The Kier molecular flexibility index (Phi) is 4.53. The van der Waals surface area contributed by atoms with Gasteiger partial charge >= 0.3 is 5.97 Å². The quantitative estimate of drug-likeness (QED) is 0.663. The number of H-pyrrole nitrogens is 1. The maximum Gasteiger partial charge on any atom is 0.343 e. The number of rotatable bonds is 5. The van der Waals surface area contributed by atoms with Gasteiger partial charge in [0.05, 0.1) is 12.7 Å². The molecule has 9 nitrogen and oxygen atoms in total. The molecule has 1 aromatic heterocycles. The van der Waals surface area contributed by atoms with Crippen LogP contribution in [0.2, 0.25) is 0 Å². The summed E-state index contributed by atoms with van der Waals surface area (Å²) in [4.78, 5) is 38.1. The molecule has 1 unspecified atom stereocenters. The van der Waals surface area contributed by atoms with E-state index >= 15 is 0 Å². The van der Waals surface area contributed by atoms with E-state index in [2.05, 4.69) is 9.72 Å². The highest BCUT2D eigenvalue weighted by molar-refractivity contribution is 5.92. The highest BCUT2D eigenvalue weighted by Gasteiger charge is 2.28. The fourth-order valence-electron chi connectivity index (χ4n) is 2.84. The van der Waals surface area contributed by atoms with Gasteiger partial charge in [-0.05, 0) is 17.7 Å². The highest BCUT2D eigenvalue weighted by Crippen LogP contribution is 2.39. The Morgan fingerprint density at radius 1 is 1.35 bits per heavy atom. The number of pyridine rings is 1. The lowest BCUT2D eigenvalue weighted by atomic mass is 9.87. The molecule has 9 heteroatoms. The van der Waals surface area contributed by atoms with E-state index in [0.717, 1.165) is 13.3 Å². The minimum atomic E-state index is -0.893. The zero-order valence-electron chi connectivity index (χ0n) is 13.8. The van der Waals surface area contributed by atoms with Crippen LogP contribution in [-0.4, -0.2) is 35.9 Å². The zero-order valence-corrected chi connectivity index (χ0v) is 13.8. The smallest absolute Gasteiger partial charge is 0.343 e. The lowest BCUT2D eigenvalue weighted by molar-refractivity contribution is -0.118. The number of carbonyl (C=O) groups excluding carboxylic acids is 2. The van der Waals surface area contributed by atoms with Crippen molar-refractivity contribution in [3.05, 3.63) is 51.4 Å². The molecule has 0 bridgehead atoms. The molecule has 3 rings (SSSR count). The Labute approximate surface area is 147 Å². The number of nitrogens with two attached hydrogens (primary N) is 1. The van der Waals surface area contributed by atoms with E-state index in [1.807, 2.05) is 0 Å². The van der Waals surface area contributed by atoms with E-state index in [1.165, 1.54) is 0 Å². The maximum absolute atomic E-state index is 12.4. The molecule has 0 radical (unpaired) electrons. The molecule has 1 atom stereocenters.